The number of carbonyl (C=O) groups excluding carboxylic acids is 2. The van der Waals surface area contributed by atoms with Crippen LogP contribution in [0.2, 0.25) is 0 Å². The third kappa shape index (κ3) is 6.15. The third-order valence-electron chi connectivity index (χ3n) is 6.89. The van der Waals surface area contributed by atoms with Crippen molar-refractivity contribution in [2.75, 3.05) is 56.2 Å². The van der Waals surface area contributed by atoms with Gasteiger partial charge in [-0.2, -0.15) is 0 Å². The smallest absolute Gasteiger partial charge is 0.255 e. The zero-order valence-electron chi connectivity index (χ0n) is 20.7. The summed E-state index contributed by atoms with van der Waals surface area (Å²) in [7, 11) is 0. The quantitative estimate of drug-likeness (QED) is 0.516. The molecule has 0 bridgehead atoms. The molecule has 0 saturated carbocycles. The molecule has 0 radical (unpaired) electrons. The van der Waals surface area contributed by atoms with Crippen molar-refractivity contribution in [1.29, 1.82) is 0 Å². The number of morpholine rings is 1. The first-order valence-electron chi connectivity index (χ1n) is 12.7. The van der Waals surface area contributed by atoms with E-state index in [2.05, 4.69) is 38.6 Å². The molecule has 0 unspecified atom stereocenters. The maximum absolute atomic E-state index is 13.4. The van der Waals surface area contributed by atoms with Gasteiger partial charge in [0.2, 0.25) is 0 Å². The monoisotopic (exact) mass is 502 g/mol. The minimum absolute atomic E-state index is 0.181. The number of nitrogens with one attached hydrogen (secondary N) is 2. The van der Waals surface area contributed by atoms with E-state index >= 15 is 0 Å². The second kappa shape index (κ2) is 11.5. The number of rotatable bonds is 7. The predicted molar refractivity (Wildman–Crippen MR) is 142 cm³/mol. The number of fused-ring (bicyclic) bond motifs is 1. The van der Waals surface area contributed by atoms with Crippen LogP contribution in [0.4, 0.5) is 15.8 Å². The summed E-state index contributed by atoms with van der Waals surface area (Å²) < 4.78 is 18.7. The molecule has 7 nitrogen and oxygen atoms in total. The van der Waals surface area contributed by atoms with Crippen LogP contribution in [0.3, 0.4) is 0 Å². The van der Waals surface area contributed by atoms with Crippen LogP contribution in [0.25, 0.3) is 0 Å². The van der Waals surface area contributed by atoms with Crippen LogP contribution < -0.4 is 15.5 Å². The molecule has 1 saturated heterocycles. The Bertz CT molecular complexity index is 1260. The molecular weight excluding hydrogens is 471 g/mol. The number of amides is 2. The normalized spacial score (nSPS) is 15.6. The number of hydrogen-bond acceptors (Lipinski definition) is 5. The van der Waals surface area contributed by atoms with Crippen LogP contribution in [-0.4, -0.2) is 62.7 Å². The van der Waals surface area contributed by atoms with Crippen LogP contribution in [0.15, 0.2) is 66.7 Å². The number of anilines is 2. The molecule has 5 rings (SSSR count). The van der Waals surface area contributed by atoms with Crippen molar-refractivity contribution in [2.24, 2.45) is 0 Å². The molecule has 2 aliphatic rings. The van der Waals surface area contributed by atoms with Crippen molar-refractivity contribution < 1.29 is 18.7 Å². The summed E-state index contributed by atoms with van der Waals surface area (Å²) in [4.78, 5) is 30.6. The van der Waals surface area contributed by atoms with Crippen molar-refractivity contribution >= 4 is 23.2 Å². The lowest BCUT2D eigenvalue weighted by Gasteiger charge is -2.32. The van der Waals surface area contributed by atoms with Crippen molar-refractivity contribution in [3.05, 3.63) is 94.8 Å². The van der Waals surface area contributed by atoms with Gasteiger partial charge < -0.3 is 20.3 Å². The first kappa shape index (κ1) is 24.9. The Morgan fingerprint density at radius 3 is 2.43 bits per heavy atom. The Hall–Kier alpha value is -3.75. The van der Waals surface area contributed by atoms with Gasteiger partial charge in [-0.3, -0.25) is 14.5 Å². The van der Waals surface area contributed by atoms with Gasteiger partial charge in [0, 0.05) is 56.2 Å². The fourth-order valence-electron chi connectivity index (χ4n) is 4.82. The van der Waals surface area contributed by atoms with E-state index in [0.29, 0.717) is 43.1 Å². The zero-order valence-corrected chi connectivity index (χ0v) is 20.7. The van der Waals surface area contributed by atoms with Crippen molar-refractivity contribution in [3.63, 3.8) is 0 Å². The highest BCUT2D eigenvalue weighted by Gasteiger charge is 2.22. The summed E-state index contributed by atoms with van der Waals surface area (Å²) >= 11 is 0. The van der Waals surface area contributed by atoms with Gasteiger partial charge in [0.05, 0.1) is 18.8 Å². The summed E-state index contributed by atoms with van der Waals surface area (Å²) in [6, 6.07) is 19.2. The second-order valence-electron chi connectivity index (χ2n) is 9.34. The Labute approximate surface area is 216 Å². The van der Waals surface area contributed by atoms with E-state index in [-0.39, 0.29) is 11.8 Å². The molecule has 3 aromatic carbocycles. The van der Waals surface area contributed by atoms with Crippen LogP contribution >= 0.6 is 0 Å². The minimum atomic E-state index is -0.403. The molecule has 2 aliphatic heterocycles. The van der Waals surface area contributed by atoms with Gasteiger partial charge in [0.15, 0.2) is 0 Å². The van der Waals surface area contributed by atoms with E-state index < -0.39 is 5.82 Å². The van der Waals surface area contributed by atoms with Crippen LogP contribution in [-0.2, 0) is 17.7 Å². The molecular formula is C29H31FN4O3. The van der Waals surface area contributed by atoms with Gasteiger partial charge in [-0.15, -0.1) is 0 Å². The standard InChI is InChI=1S/C29H31FN4O3/c30-24-7-5-22(6-8-24)28(35)32-25-9-10-27(34-13-11-21-3-1-2-4-23(21)20-34)26(19-25)29(36)31-12-14-33-15-17-37-18-16-33/h1-10,19H,11-18,20H2,(H,31,36)(H,32,35). The number of ether oxygens (including phenoxy) is 1. The summed E-state index contributed by atoms with van der Waals surface area (Å²) in [6.07, 6.45) is 0.900. The molecule has 37 heavy (non-hydrogen) atoms. The molecule has 8 heteroatoms. The first-order valence-corrected chi connectivity index (χ1v) is 12.7. The average molecular weight is 503 g/mol. The molecule has 0 aliphatic carbocycles. The lowest BCUT2D eigenvalue weighted by molar-refractivity contribution is 0.0383. The summed E-state index contributed by atoms with van der Waals surface area (Å²) in [6.45, 7) is 5.93. The SMILES string of the molecule is O=C(Nc1ccc(N2CCc3ccccc3C2)c(C(=O)NCCN2CCOCC2)c1)c1ccc(F)cc1. The van der Waals surface area contributed by atoms with Crippen molar-refractivity contribution in [2.45, 2.75) is 13.0 Å². The van der Waals surface area contributed by atoms with E-state index in [1.807, 2.05) is 18.2 Å². The number of carbonyl (C=O) groups is 2. The van der Waals surface area contributed by atoms with Gasteiger partial charge in [-0.05, 0) is 60.0 Å². The number of hydrogen-bond donors (Lipinski definition) is 2. The lowest BCUT2D eigenvalue weighted by Crippen LogP contribution is -2.41. The lowest BCUT2D eigenvalue weighted by atomic mass is 9.98. The van der Waals surface area contributed by atoms with E-state index in [1.165, 1.54) is 35.4 Å². The predicted octanol–water partition coefficient (Wildman–Crippen LogP) is 3.70. The fraction of sp³-hybridized carbons (Fsp3) is 0.310. The summed E-state index contributed by atoms with van der Waals surface area (Å²) in [5, 5.41) is 5.91. The van der Waals surface area contributed by atoms with Crippen molar-refractivity contribution in [1.82, 2.24) is 10.2 Å². The van der Waals surface area contributed by atoms with E-state index in [4.69, 9.17) is 4.74 Å². The Balaban J connectivity index is 1.35. The van der Waals surface area contributed by atoms with Crippen molar-refractivity contribution in [3.8, 4) is 0 Å². The minimum Gasteiger partial charge on any atom is -0.379 e. The Morgan fingerprint density at radius 2 is 1.65 bits per heavy atom. The second-order valence-corrected chi connectivity index (χ2v) is 9.34. The fourth-order valence-corrected chi connectivity index (χ4v) is 4.82. The Morgan fingerprint density at radius 1 is 0.892 bits per heavy atom. The zero-order chi connectivity index (χ0) is 25.6. The first-order chi connectivity index (χ1) is 18.1. The maximum atomic E-state index is 13.4. The molecule has 0 atom stereocenters. The summed E-state index contributed by atoms with van der Waals surface area (Å²) in [5.74, 6) is -0.946. The molecule has 1 fully saturated rings. The van der Waals surface area contributed by atoms with E-state index in [9.17, 15) is 14.0 Å². The van der Waals surface area contributed by atoms with Gasteiger partial charge in [-0.1, -0.05) is 24.3 Å². The van der Waals surface area contributed by atoms with Gasteiger partial charge >= 0.3 is 0 Å². The molecule has 0 aromatic heterocycles. The molecule has 2 amide bonds. The number of nitrogens with zero attached hydrogens (tertiary/aromatic N) is 2. The topological polar surface area (TPSA) is 73.9 Å². The van der Waals surface area contributed by atoms with Crippen LogP contribution in [0.5, 0.6) is 0 Å². The maximum Gasteiger partial charge on any atom is 0.255 e. The molecule has 2 N–H and O–H groups in total. The van der Waals surface area contributed by atoms with Crippen LogP contribution in [0.1, 0.15) is 31.8 Å². The molecule has 0 spiro atoms. The van der Waals surface area contributed by atoms with Crippen LogP contribution in [0, 0.1) is 5.82 Å². The van der Waals surface area contributed by atoms with Gasteiger partial charge in [0.25, 0.3) is 11.8 Å². The highest BCUT2D eigenvalue weighted by Crippen LogP contribution is 2.30. The number of benzene rings is 3. The van der Waals surface area contributed by atoms with Gasteiger partial charge in [-0.25, -0.2) is 4.39 Å². The van der Waals surface area contributed by atoms with Gasteiger partial charge in [0.1, 0.15) is 5.82 Å². The Kier molecular flexibility index (Phi) is 7.77. The molecule has 192 valence electrons. The largest absolute Gasteiger partial charge is 0.379 e. The highest BCUT2D eigenvalue weighted by molar-refractivity contribution is 6.06. The van der Waals surface area contributed by atoms with E-state index in [0.717, 1.165) is 38.3 Å². The van der Waals surface area contributed by atoms with E-state index in [1.54, 1.807) is 6.07 Å². The highest BCUT2D eigenvalue weighted by atomic mass is 19.1. The third-order valence-corrected chi connectivity index (χ3v) is 6.89. The summed E-state index contributed by atoms with van der Waals surface area (Å²) in [5.41, 5.74) is 4.78. The number of halogens is 1. The molecule has 3 aromatic rings. The average Bonchev–Trinajstić information content (AvgIpc) is 2.93. The molecule has 2 heterocycles.